The largest absolute Gasteiger partial charge is 0.493 e. The number of hydrogen-bond acceptors (Lipinski definition) is 6. The van der Waals surface area contributed by atoms with Gasteiger partial charge in [0, 0.05) is 12.3 Å². The van der Waals surface area contributed by atoms with Crippen LogP contribution in [0.5, 0.6) is 17.2 Å². The maximum absolute atomic E-state index is 10.7. The van der Waals surface area contributed by atoms with E-state index in [1.54, 1.807) is 0 Å². The number of rotatable bonds is 4. The molecule has 7 heteroatoms. The van der Waals surface area contributed by atoms with Crippen LogP contribution in [0, 0.1) is 21.4 Å². The first kappa shape index (κ1) is 13.3. The van der Waals surface area contributed by atoms with Crippen LogP contribution in [0.25, 0.3) is 0 Å². The lowest BCUT2D eigenvalue weighted by atomic mass is 10.2. The van der Waals surface area contributed by atoms with Crippen molar-refractivity contribution in [3.05, 3.63) is 52.3 Å². The first-order valence-corrected chi connectivity index (χ1v) is 5.50. The molecule has 0 aliphatic heterocycles. The maximum Gasteiger partial charge on any atom is 0.273 e. The van der Waals surface area contributed by atoms with Gasteiger partial charge in [0.05, 0.1) is 29.9 Å². The average Bonchev–Trinajstić information content (AvgIpc) is 2.48. The smallest absolute Gasteiger partial charge is 0.273 e. The van der Waals surface area contributed by atoms with Crippen molar-refractivity contribution in [1.29, 1.82) is 5.26 Å². The molecule has 2 rings (SSSR count). The highest BCUT2D eigenvalue weighted by Gasteiger charge is 2.14. The lowest BCUT2D eigenvalue weighted by Crippen LogP contribution is -1.95. The van der Waals surface area contributed by atoms with E-state index in [9.17, 15) is 10.1 Å². The Kier molecular flexibility index (Phi) is 3.77. The number of methoxy groups -OCH3 is 1. The van der Waals surface area contributed by atoms with E-state index in [0.29, 0.717) is 5.56 Å². The molecular formula is C13H9N3O4. The number of benzene rings is 1. The summed E-state index contributed by atoms with van der Waals surface area (Å²) in [5.41, 5.74) is 0.196. The van der Waals surface area contributed by atoms with E-state index in [2.05, 4.69) is 4.98 Å². The summed E-state index contributed by atoms with van der Waals surface area (Å²) in [6, 6.07) is 7.42. The summed E-state index contributed by atoms with van der Waals surface area (Å²) >= 11 is 0. The Labute approximate surface area is 114 Å². The van der Waals surface area contributed by atoms with E-state index in [-0.39, 0.29) is 22.9 Å². The van der Waals surface area contributed by atoms with Crippen LogP contribution < -0.4 is 9.47 Å². The molecule has 0 radical (unpaired) electrons. The van der Waals surface area contributed by atoms with Gasteiger partial charge < -0.3 is 9.47 Å². The fourth-order valence-corrected chi connectivity index (χ4v) is 1.53. The van der Waals surface area contributed by atoms with Crippen molar-refractivity contribution in [3.63, 3.8) is 0 Å². The Morgan fingerprint density at radius 2 is 2.10 bits per heavy atom. The Bertz CT molecular complexity index is 694. The van der Waals surface area contributed by atoms with Crippen molar-refractivity contribution in [2.75, 3.05) is 7.11 Å². The molecule has 0 saturated carbocycles. The summed E-state index contributed by atoms with van der Waals surface area (Å²) in [7, 11) is 1.38. The molecule has 1 heterocycles. The van der Waals surface area contributed by atoms with Gasteiger partial charge in [-0.25, -0.2) is 0 Å². The second kappa shape index (κ2) is 5.67. The van der Waals surface area contributed by atoms with Crippen molar-refractivity contribution in [3.8, 4) is 23.3 Å². The minimum atomic E-state index is -0.531. The van der Waals surface area contributed by atoms with Crippen molar-refractivity contribution in [2.24, 2.45) is 0 Å². The van der Waals surface area contributed by atoms with Gasteiger partial charge in [-0.05, 0) is 12.1 Å². The third-order valence-corrected chi connectivity index (χ3v) is 2.48. The van der Waals surface area contributed by atoms with Crippen LogP contribution in [0.15, 0.2) is 36.7 Å². The summed E-state index contributed by atoms with van der Waals surface area (Å²) in [5, 5.41) is 19.7. The molecule has 0 bridgehead atoms. The van der Waals surface area contributed by atoms with Crippen LogP contribution in [-0.2, 0) is 0 Å². The van der Waals surface area contributed by atoms with Gasteiger partial charge in [0.1, 0.15) is 6.07 Å². The van der Waals surface area contributed by atoms with E-state index in [0.717, 1.165) is 0 Å². The molecular weight excluding hydrogens is 262 g/mol. The van der Waals surface area contributed by atoms with Crippen LogP contribution in [0.1, 0.15) is 5.56 Å². The van der Waals surface area contributed by atoms with E-state index >= 15 is 0 Å². The number of aromatic nitrogens is 1. The molecule has 0 saturated heterocycles. The third kappa shape index (κ3) is 2.64. The molecule has 2 aromatic rings. The molecule has 0 fully saturated rings. The van der Waals surface area contributed by atoms with Crippen LogP contribution in [0.4, 0.5) is 5.69 Å². The van der Waals surface area contributed by atoms with E-state index < -0.39 is 4.92 Å². The predicted octanol–water partition coefficient (Wildman–Crippen LogP) is 2.66. The number of nitriles is 1. The Morgan fingerprint density at radius 1 is 1.30 bits per heavy atom. The van der Waals surface area contributed by atoms with Gasteiger partial charge in [-0.15, -0.1) is 0 Å². The first-order valence-electron chi connectivity index (χ1n) is 5.50. The molecule has 100 valence electrons. The van der Waals surface area contributed by atoms with E-state index in [1.807, 2.05) is 6.07 Å². The molecule has 1 aromatic heterocycles. The number of hydrogen-bond donors (Lipinski definition) is 0. The molecule has 0 atom stereocenters. The normalized spacial score (nSPS) is 9.60. The van der Waals surface area contributed by atoms with Gasteiger partial charge >= 0.3 is 0 Å². The van der Waals surface area contributed by atoms with Gasteiger partial charge in [-0.2, -0.15) is 5.26 Å². The lowest BCUT2D eigenvalue weighted by Gasteiger charge is -2.10. The summed E-state index contributed by atoms with van der Waals surface area (Å²) in [4.78, 5) is 14.0. The number of ether oxygens (including phenoxy) is 2. The highest BCUT2D eigenvalue weighted by molar-refractivity contribution is 5.51. The summed E-state index contributed by atoms with van der Waals surface area (Å²) in [6.45, 7) is 0. The Balaban J connectivity index is 2.39. The zero-order chi connectivity index (χ0) is 14.5. The van der Waals surface area contributed by atoms with Gasteiger partial charge in [-0.3, -0.25) is 15.1 Å². The number of nitro groups is 1. The molecule has 7 nitrogen and oxygen atoms in total. The minimum Gasteiger partial charge on any atom is -0.493 e. The first-order chi connectivity index (χ1) is 9.65. The standard InChI is InChI=1S/C13H9N3O4/c1-19-12-6-10(16(17)18)2-3-11(12)20-13-8-15-5-4-9(13)7-14/h2-6,8H,1H3. The predicted molar refractivity (Wildman–Crippen MR) is 68.7 cm³/mol. The summed E-state index contributed by atoms with van der Waals surface area (Å²) < 4.78 is 10.6. The van der Waals surface area contributed by atoms with E-state index in [4.69, 9.17) is 14.7 Å². The maximum atomic E-state index is 10.7. The van der Waals surface area contributed by atoms with Crippen LogP contribution in [0.3, 0.4) is 0 Å². The fourth-order valence-electron chi connectivity index (χ4n) is 1.53. The average molecular weight is 271 g/mol. The van der Waals surface area contributed by atoms with Crippen molar-refractivity contribution in [1.82, 2.24) is 4.98 Å². The zero-order valence-electron chi connectivity index (χ0n) is 10.4. The third-order valence-electron chi connectivity index (χ3n) is 2.48. The highest BCUT2D eigenvalue weighted by atomic mass is 16.6. The number of pyridine rings is 1. The molecule has 0 aliphatic rings. The van der Waals surface area contributed by atoms with Crippen LogP contribution in [-0.4, -0.2) is 17.0 Å². The quantitative estimate of drug-likeness (QED) is 0.626. The molecule has 0 aliphatic carbocycles. The second-order valence-corrected chi connectivity index (χ2v) is 3.68. The SMILES string of the molecule is COc1cc([N+](=O)[O-])ccc1Oc1cnccc1C#N. The van der Waals surface area contributed by atoms with E-state index in [1.165, 1.54) is 43.8 Å². The molecule has 0 spiro atoms. The van der Waals surface area contributed by atoms with Gasteiger partial charge in [0.25, 0.3) is 5.69 Å². The molecule has 0 amide bonds. The monoisotopic (exact) mass is 271 g/mol. The van der Waals surface area contributed by atoms with Crippen molar-refractivity contribution in [2.45, 2.75) is 0 Å². The number of non-ortho nitro benzene ring substituents is 1. The topological polar surface area (TPSA) is 98.3 Å². The zero-order valence-corrected chi connectivity index (χ0v) is 10.4. The van der Waals surface area contributed by atoms with Crippen molar-refractivity contribution < 1.29 is 14.4 Å². The van der Waals surface area contributed by atoms with Crippen LogP contribution in [0.2, 0.25) is 0 Å². The minimum absolute atomic E-state index is 0.110. The van der Waals surface area contributed by atoms with Gasteiger partial charge in [-0.1, -0.05) is 0 Å². The number of nitro benzene ring substituents is 1. The highest BCUT2D eigenvalue weighted by Crippen LogP contribution is 2.35. The van der Waals surface area contributed by atoms with Gasteiger partial charge in [0.15, 0.2) is 17.2 Å². The number of nitrogens with zero attached hydrogens (tertiary/aromatic N) is 3. The fraction of sp³-hybridized carbons (Fsp3) is 0.0769. The lowest BCUT2D eigenvalue weighted by molar-refractivity contribution is -0.384. The van der Waals surface area contributed by atoms with Crippen molar-refractivity contribution >= 4 is 5.69 Å². The Morgan fingerprint density at radius 3 is 2.75 bits per heavy atom. The molecule has 0 unspecified atom stereocenters. The molecule has 1 aromatic carbocycles. The summed E-state index contributed by atoms with van der Waals surface area (Å²) in [6.07, 6.45) is 2.86. The Hall–Kier alpha value is -3.14. The summed E-state index contributed by atoms with van der Waals surface area (Å²) in [5.74, 6) is 0.719. The van der Waals surface area contributed by atoms with Gasteiger partial charge in [0.2, 0.25) is 0 Å². The molecule has 20 heavy (non-hydrogen) atoms. The van der Waals surface area contributed by atoms with Crippen LogP contribution >= 0.6 is 0 Å². The second-order valence-electron chi connectivity index (χ2n) is 3.68. The molecule has 0 N–H and O–H groups in total.